The molecule has 14 heavy (non-hydrogen) atoms. The van der Waals surface area contributed by atoms with Crippen LogP contribution < -0.4 is 0 Å². The zero-order valence-electron chi connectivity index (χ0n) is 9.41. The molecule has 4 heteroatoms. The summed E-state index contributed by atoms with van der Waals surface area (Å²) in [7, 11) is -3.30. The van der Waals surface area contributed by atoms with Crippen LogP contribution in [0.15, 0.2) is 0 Å². The van der Waals surface area contributed by atoms with E-state index in [1.165, 1.54) is 0 Å². The molecule has 2 atom stereocenters. The van der Waals surface area contributed by atoms with Crippen molar-refractivity contribution in [2.75, 3.05) is 6.26 Å². The smallest absolute Gasteiger partial charge is 0.264 e. The molecular formula is C10H20O3S. The van der Waals surface area contributed by atoms with Gasteiger partial charge in [-0.25, -0.2) is 0 Å². The molecule has 2 unspecified atom stereocenters. The third-order valence-electron chi connectivity index (χ3n) is 2.66. The summed E-state index contributed by atoms with van der Waals surface area (Å²) in [4.78, 5) is 0. The van der Waals surface area contributed by atoms with Crippen molar-refractivity contribution in [1.29, 1.82) is 0 Å². The van der Waals surface area contributed by atoms with E-state index in [-0.39, 0.29) is 11.5 Å². The molecule has 1 rings (SSSR count). The predicted molar refractivity (Wildman–Crippen MR) is 56.5 cm³/mol. The largest absolute Gasteiger partial charge is 0.267 e. The summed E-state index contributed by atoms with van der Waals surface area (Å²) in [6.07, 6.45) is 3.85. The maximum Gasteiger partial charge on any atom is 0.264 e. The molecule has 0 aromatic rings. The van der Waals surface area contributed by atoms with Gasteiger partial charge in [-0.1, -0.05) is 20.8 Å². The third kappa shape index (κ3) is 3.96. The summed E-state index contributed by atoms with van der Waals surface area (Å²) >= 11 is 0. The van der Waals surface area contributed by atoms with Gasteiger partial charge in [0.1, 0.15) is 0 Å². The topological polar surface area (TPSA) is 43.4 Å². The van der Waals surface area contributed by atoms with Crippen LogP contribution in [0.3, 0.4) is 0 Å². The summed E-state index contributed by atoms with van der Waals surface area (Å²) < 4.78 is 27.0. The van der Waals surface area contributed by atoms with Crippen LogP contribution in [0.1, 0.15) is 40.0 Å². The van der Waals surface area contributed by atoms with Crippen LogP contribution in [-0.2, 0) is 14.3 Å². The molecule has 0 N–H and O–H groups in total. The summed E-state index contributed by atoms with van der Waals surface area (Å²) in [6, 6.07) is 0. The molecule has 0 amide bonds. The van der Waals surface area contributed by atoms with Crippen LogP contribution in [0.5, 0.6) is 0 Å². The van der Waals surface area contributed by atoms with Crippen LogP contribution in [0, 0.1) is 11.3 Å². The summed E-state index contributed by atoms with van der Waals surface area (Å²) in [6.45, 7) is 6.49. The van der Waals surface area contributed by atoms with Crippen molar-refractivity contribution in [3.63, 3.8) is 0 Å². The molecular weight excluding hydrogens is 200 g/mol. The highest BCUT2D eigenvalue weighted by Crippen LogP contribution is 2.39. The van der Waals surface area contributed by atoms with Gasteiger partial charge in [-0.05, 0) is 30.6 Å². The van der Waals surface area contributed by atoms with Gasteiger partial charge in [0.15, 0.2) is 0 Å². The summed E-state index contributed by atoms with van der Waals surface area (Å²) in [5.41, 5.74) is 0.201. The van der Waals surface area contributed by atoms with Gasteiger partial charge in [0.05, 0.1) is 12.4 Å². The molecule has 1 fully saturated rings. The molecule has 0 aliphatic heterocycles. The van der Waals surface area contributed by atoms with Crippen LogP contribution >= 0.6 is 0 Å². The second-order valence-electron chi connectivity index (χ2n) is 5.34. The third-order valence-corrected chi connectivity index (χ3v) is 3.28. The predicted octanol–water partition coefficient (Wildman–Crippen LogP) is 2.18. The Morgan fingerprint density at radius 2 is 1.86 bits per heavy atom. The monoisotopic (exact) mass is 220 g/mol. The minimum atomic E-state index is -3.30. The molecule has 84 valence electrons. The molecule has 0 aromatic carbocycles. The molecule has 0 aromatic heterocycles. The van der Waals surface area contributed by atoms with E-state index >= 15 is 0 Å². The van der Waals surface area contributed by atoms with Gasteiger partial charge < -0.3 is 0 Å². The zero-order valence-corrected chi connectivity index (χ0v) is 10.2. The number of rotatable bonds is 2. The Kier molecular flexibility index (Phi) is 3.26. The maximum absolute atomic E-state index is 11.0. The first kappa shape index (κ1) is 12.0. The van der Waals surface area contributed by atoms with E-state index in [9.17, 15) is 8.42 Å². The van der Waals surface area contributed by atoms with E-state index in [2.05, 4.69) is 20.8 Å². The molecule has 3 nitrogen and oxygen atoms in total. The first-order chi connectivity index (χ1) is 6.18. The maximum atomic E-state index is 11.0. The van der Waals surface area contributed by atoms with Crippen molar-refractivity contribution >= 4 is 10.1 Å². The lowest BCUT2D eigenvalue weighted by Crippen LogP contribution is -2.33. The fourth-order valence-electron chi connectivity index (χ4n) is 2.58. The minimum absolute atomic E-state index is 0.122. The second kappa shape index (κ2) is 3.81. The van der Waals surface area contributed by atoms with Gasteiger partial charge in [-0.3, -0.25) is 4.18 Å². The van der Waals surface area contributed by atoms with E-state index < -0.39 is 10.1 Å². The number of hydrogen-bond donors (Lipinski definition) is 0. The Morgan fingerprint density at radius 3 is 2.29 bits per heavy atom. The molecule has 1 aliphatic rings. The SMILES string of the molecule is CC1CC(OS(C)(=O)=O)CC(C)(C)C1. The Balaban J connectivity index is 2.63. The fraction of sp³-hybridized carbons (Fsp3) is 1.00. The minimum Gasteiger partial charge on any atom is -0.267 e. The Morgan fingerprint density at radius 1 is 1.29 bits per heavy atom. The normalized spacial score (nSPS) is 32.9. The van der Waals surface area contributed by atoms with Crippen molar-refractivity contribution in [3.8, 4) is 0 Å². The lowest BCUT2D eigenvalue weighted by atomic mass is 9.72. The van der Waals surface area contributed by atoms with Gasteiger partial charge >= 0.3 is 0 Å². The first-order valence-electron chi connectivity index (χ1n) is 5.06. The molecule has 0 heterocycles. The average Bonchev–Trinajstić information content (AvgIpc) is 1.74. The van der Waals surface area contributed by atoms with Crippen molar-refractivity contribution in [3.05, 3.63) is 0 Å². The van der Waals surface area contributed by atoms with E-state index in [0.29, 0.717) is 5.92 Å². The van der Waals surface area contributed by atoms with Gasteiger partial charge in [0.2, 0.25) is 0 Å². The molecule has 0 spiro atoms. The fourth-order valence-corrected chi connectivity index (χ4v) is 3.22. The van der Waals surface area contributed by atoms with Crippen molar-refractivity contribution in [2.45, 2.75) is 46.1 Å². The Hall–Kier alpha value is -0.0900. The highest BCUT2D eigenvalue weighted by molar-refractivity contribution is 7.86. The first-order valence-corrected chi connectivity index (χ1v) is 6.88. The van der Waals surface area contributed by atoms with E-state index in [1.807, 2.05) is 0 Å². The molecule has 1 saturated carbocycles. The van der Waals surface area contributed by atoms with E-state index in [1.54, 1.807) is 0 Å². The van der Waals surface area contributed by atoms with Crippen LogP contribution in [0.25, 0.3) is 0 Å². The van der Waals surface area contributed by atoms with Gasteiger partial charge in [0.25, 0.3) is 10.1 Å². The van der Waals surface area contributed by atoms with Crippen molar-refractivity contribution in [1.82, 2.24) is 0 Å². The summed E-state index contributed by atoms with van der Waals surface area (Å²) in [5.74, 6) is 0.547. The molecule has 0 bridgehead atoms. The lowest BCUT2D eigenvalue weighted by Gasteiger charge is -2.38. The Labute approximate surface area is 87.0 Å². The highest BCUT2D eigenvalue weighted by atomic mass is 32.2. The Bertz CT molecular complexity index is 292. The molecule has 0 saturated heterocycles. The van der Waals surface area contributed by atoms with E-state index in [0.717, 1.165) is 25.5 Å². The zero-order chi connectivity index (χ0) is 11.0. The average molecular weight is 220 g/mol. The van der Waals surface area contributed by atoms with Gasteiger partial charge in [0, 0.05) is 0 Å². The molecule has 0 radical (unpaired) electrons. The van der Waals surface area contributed by atoms with Gasteiger partial charge in [-0.15, -0.1) is 0 Å². The number of hydrogen-bond acceptors (Lipinski definition) is 3. The van der Waals surface area contributed by atoms with Crippen LogP contribution in [0.2, 0.25) is 0 Å². The van der Waals surface area contributed by atoms with Gasteiger partial charge in [-0.2, -0.15) is 8.42 Å². The van der Waals surface area contributed by atoms with Crippen LogP contribution in [-0.4, -0.2) is 20.8 Å². The lowest BCUT2D eigenvalue weighted by molar-refractivity contribution is 0.0615. The highest BCUT2D eigenvalue weighted by Gasteiger charge is 2.34. The molecule has 1 aliphatic carbocycles. The second-order valence-corrected chi connectivity index (χ2v) is 6.94. The standard InChI is InChI=1S/C10H20O3S/c1-8-5-9(13-14(4,11)12)7-10(2,3)6-8/h8-9H,5-7H2,1-4H3. The van der Waals surface area contributed by atoms with Crippen LogP contribution in [0.4, 0.5) is 0 Å². The van der Waals surface area contributed by atoms with Crippen molar-refractivity contribution < 1.29 is 12.6 Å². The van der Waals surface area contributed by atoms with Crippen molar-refractivity contribution in [2.24, 2.45) is 11.3 Å². The quantitative estimate of drug-likeness (QED) is 0.670. The summed E-state index contributed by atoms with van der Waals surface area (Å²) in [5, 5.41) is 0. The van der Waals surface area contributed by atoms with E-state index in [4.69, 9.17) is 4.18 Å².